The van der Waals surface area contributed by atoms with Crippen LogP contribution in [-0.4, -0.2) is 4.98 Å². The minimum absolute atomic E-state index is 0.508. The molecule has 0 fully saturated rings. The molecule has 0 amide bonds. The van der Waals surface area contributed by atoms with Crippen LogP contribution < -0.4 is 5.32 Å². The van der Waals surface area contributed by atoms with Gasteiger partial charge in [0, 0.05) is 24.0 Å². The smallest absolute Gasteiger partial charge is 0.0722 e. The zero-order valence-corrected chi connectivity index (χ0v) is 11.9. The number of rotatable bonds is 3. The fourth-order valence-electron chi connectivity index (χ4n) is 1.58. The molecular weight excluding hydrogens is 291 g/mol. The van der Waals surface area contributed by atoms with E-state index in [0.29, 0.717) is 27.3 Å². The molecule has 5 heteroatoms. The monoisotopic (exact) mass is 300 g/mol. The topological polar surface area (TPSA) is 24.9 Å². The van der Waals surface area contributed by atoms with Gasteiger partial charge in [-0.05, 0) is 36.2 Å². The summed E-state index contributed by atoms with van der Waals surface area (Å²) in [5, 5.41) is 4.74. The van der Waals surface area contributed by atoms with Gasteiger partial charge >= 0.3 is 0 Å². The van der Waals surface area contributed by atoms with Gasteiger partial charge in [0.2, 0.25) is 0 Å². The van der Waals surface area contributed by atoms with E-state index in [0.717, 1.165) is 5.56 Å². The van der Waals surface area contributed by atoms with Crippen molar-refractivity contribution in [1.29, 1.82) is 0 Å². The van der Waals surface area contributed by atoms with Crippen LogP contribution in [-0.2, 0) is 6.54 Å². The van der Waals surface area contributed by atoms with Crippen molar-refractivity contribution in [2.24, 2.45) is 0 Å². The molecule has 94 valence electrons. The molecule has 2 nitrogen and oxygen atoms in total. The van der Waals surface area contributed by atoms with Crippen LogP contribution in [0.4, 0.5) is 5.69 Å². The molecule has 0 spiro atoms. The first-order chi connectivity index (χ1) is 8.58. The molecule has 1 aromatic carbocycles. The molecule has 1 N–H and O–H groups in total. The summed E-state index contributed by atoms with van der Waals surface area (Å²) in [6.45, 7) is 2.64. The molecule has 2 rings (SSSR count). The van der Waals surface area contributed by atoms with Gasteiger partial charge in [0.25, 0.3) is 0 Å². The Kier molecular flexibility index (Phi) is 4.33. The number of aromatic nitrogens is 1. The average Bonchev–Trinajstić information content (AvgIpc) is 2.30. The molecule has 0 atom stereocenters. The second kappa shape index (κ2) is 5.79. The molecule has 18 heavy (non-hydrogen) atoms. The van der Waals surface area contributed by atoms with Gasteiger partial charge < -0.3 is 5.32 Å². The molecule has 0 saturated heterocycles. The van der Waals surface area contributed by atoms with Gasteiger partial charge in [0.1, 0.15) is 0 Å². The predicted molar refractivity (Wildman–Crippen MR) is 77.8 cm³/mol. The Morgan fingerprint density at radius 3 is 2.44 bits per heavy atom. The lowest BCUT2D eigenvalue weighted by Crippen LogP contribution is -2.02. The third-order valence-corrected chi connectivity index (χ3v) is 3.42. The zero-order valence-electron chi connectivity index (χ0n) is 9.67. The quantitative estimate of drug-likeness (QED) is 0.866. The zero-order chi connectivity index (χ0) is 13.1. The minimum Gasteiger partial charge on any atom is -0.378 e. The first kappa shape index (κ1) is 13.5. The van der Waals surface area contributed by atoms with Crippen LogP contribution in [0.1, 0.15) is 11.1 Å². The van der Waals surface area contributed by atoms with Crippen molar-refractivity contribution in [1.82, 2.24) is 4.98 Å². The molecule has 0 aliphatic heterocycles. The Bertz CT molecular complexity index is 547. The molecule has 0 saturated carbocycles. The number of halogens is 3. The van der Waals surface area contributed by atoms with E-state index in [1.807, 2.05) is 19.2 Å². The maximum atomic E-state index is 6.09. The van der Waals surface area contributed by atoms with E-state index < -0.39 is 0 Å². The van der Waals surface area contributed by atoms with Crippen molar-refractivity contribution in [3.63, 3.8) is 0 Å². The fraction of sp³-hybridized carbons (Fsp3) is 0.154. The molecule has 1 heterocycles. The van der Waals surface area contributed by atoms with Crippen molar-refractivity contribution < 1.29 is 0 Å². The van der Waals surface area contributed by atoms with E-state index in [1.54, 1.807) is 18.3 Å². The second-order valence-corrected chi connectivity index (χ2v) is 5.15. The lowest BCUT2D eigenvalue weighted by atomic mass is 10.1. The van der Waals surface area contributed by atoms with Crippen LogP contribution in [0.25, 0.3) is 0 Å². The number of nitrogens with one attached hydrogen (secondary N) is 1. The molecule has 2 aromatic rings. The van der Waals surface area contributed by atoms with Crippen LogP contribution in [0, 0.1) is 6.92 Å². The van der Waals surface area contributed by atoms with Crippen LogP contribution >= 0.6 is 34.8 Å². The SMILES string of the molecule is Cc1ccncc1CNc1c(Cl)cc(Cl)cc1Cl. The predicted octanol–water partition coefficient (Wildman–Crippen LogP) is 4.96. The summed E-state index contributed by atoms with van der Waals surface area (Å²) in [5.74, 6) is 0. The summed E-state index contributed by atoms with van der Waals surface area (Å²) in [5.41, 5.74) is 2.95. The summed E-state index contributed by atoms with van der Waals surface area (Å²) < 4.78 is 0. The summed E-state index contributed by atoms with van der Waals surface area (Å²) in [4.78, 5) is 4.09. The summed E-state index contributed by atoms with van der Waals surface area (Å²) in [6, 6.07) is 5.28. The van der Waals surface area contributed by atoms with E-state index in [9.17, 15) is 0 Å². The van der Waals surface area contributed by atoms with Gasteiger partial charge in [0.15, 0.2) is 0 Å². The average molecular weight is 302 g/mol. The maximum Gasteiger partial charge on any atom is 0.0722 e. The summed E-state index contributed by atoms with van der Waals surface area (Å²) in [6.07, 6.45) is 3.58. The van der Waals surface area contributed by atoms with Crippen molar-refractivity contribution in [3.8, 4) is 0 Å². The molecule has 1 aromatic heterocycles. The van der Waals surface area contributed by atoms with E-state index in [1.165, 1.54) is 5.56 Å². The lowest BCUT2D eigenvalue weighted by Gasteiger charge is -2.12. The number of benzene rings is 1. The van der Waals surface area contributed by atoms with Crippen molar-refractivity contribution >= 4 is 40.5 Å². The highest BCUT2D eigenvalue weighted by Crippen LogP contribution is 2.33. The fourth-order valence-corrected chi connectivity index (χ4v) is 2.53. The third-order valence-electron chi connectivity index (χ3n) is 2.61. The van der Waals surface area contributed by atoms with Crippen LogP contribution in [0.3, 0.4) is 0 Å². The van der Waals surface area contributed by atoms with E-state index in [4.69, 9.17) is 34.8 Å². The van der Waals surface area contributed by atoms with E-state index >= 15 is 0 Å². The molecule has 0 radical (unpaired) electrons. The minimum atomic E-state index is 0.508. The molecule has 0 aliphatic rings. The van der Waals surface area contributed by atoms with Gasteiger partial charge in [-0.3, -0.25) is 4.98 Å². The van der Waals surface area contributed by atoms with Gasteiger partial charge in [0.05, 0.1) is 15.7 Å². The van der Waals surface area contributed by atoms with Gasteiger partial charge in [-0.2, -0.15) is 0 Å². The first-order valence-electron chi connectivity index (χ1n) is 5.36. The van der Waals surface area contributed by atoms with Crippen molar-refractivity contribution in [2.75, 3.05) is 5.32 Å². The standard InChI is InChI=1S/C13H11Cl3N2/c1-8-2-3-17-6-9(8)7-18-13-11(15)4-10(14)5-12(13)16/h2-6,18H,7H2,1H3. The molecule has 0 aliphatic carbocycles. The Morgan fingerprint density at radius 1 is 1.17 bits per heavy atom. The molecular formula is C13H11Cl3N2. The van der Waals surface area contributed by atoms with Crippen LogP contribution in [0.15, 0.2) is 30.6 Å². The second-order valence-electron chi connectivity index (χ2n) is 3.90. The molecule has 0 bridgehead atoms. The number of hydrogen-bond donors (Lipinski definition) is 1. The lowest BCUT2D eigenvalue weighted by molar-refractivity contribution is 1.08. The highest BCUT2D eigenvalue weighted by molar-refractivity contribution is 6.41. The van der Waals surface area contributed by atoms with E-state index in [-0.39, 0.29) is 0 Å². The summed E-state index contributed by atoms with van der Waals surface area (Å²) in [7, 11) is 0. The third kappa shape index (κ3) is 3.08. The van der Waals surface area contributed by atoms with Crippen molar-refractivity contribution in [2.45, 2.75) is 13.5 Å². The largest absolute Gasteiger partial charge is 0.378 e. The van der Waals surface area contributed by atoms with Gasteiger partial charge in [-0.15, -0.1) is 0 Å². The Balaban J connectivity index is 2.19. The first-order valence-corrected chi connectivity index (χ1v) is 6.49. The van der Waals surface area contributed by atoms with Crippen LogP contribution in [0.2, 0.25) is 15.1 Å². The number of nitrogens with zero attached hydrogens (tertiary/aromatic N) is 1. The Labute approximate surface area is 121 Å². The Morgan fingerprint density at radius 2 is 1.83 bits per heavy atom. The maximum absolute atomic E-state index is 6.09. The highest BCUT2D eigenvalue weighted by Gasteiger charge is 2.08. The Hall–Kier alpha value is -0.960. The normalized spacial score (nSPS) is 10.4. The number of hydrogen-bond acceptors (Lipinski definition) is 2. The van der Waals surface area contributed by atoms with Crippen LogP contribution in [0.5, 0.6) is 0 Å². The number of aryl methyl sites for hydroxylation is 1. The van der Waals surface area contributed by atoms with Gasteiger partial charge in [-0.25, -0.2) is 0 Å². The number of anilines is 1. The van der Waals surface area contributed by atoms with Crippen molar-refractivity contribution in [3.05, 3.63) is 56.8 Å². The van der Waals surface area contributed by atoms with Gasteiger partial charge in [-0.1, -0.05) is 34.8 Å². The molecule has 0 unspecified atom stereocenters. The summed E-state index contributed by atoms with van der Waals surface area (Å²) >= 11 is 18.0. The van der Waals surface area contributed by atoms with E-state index in [2.05, 4.69) is 10.3 Å². The number of pyridine rings is 1. The highest BCUT2D eigenvalue weighted by atomic mass is 35.5.